The van der Waals surface area contributed by atoms with Gasteiger partial charge in [0.15, 0.2) is 0 Å². The fraction of sp³-hybridized carbons (Fsp3) is 0.800. The van der Waals surface area contributed by atoms with Gasteiger partial charge in [0, 0.05) is 32.2 Å². The summed E-state index contributed by atoms with van der Waals surface area (Å²) in [5.74, 6) is -0.263. The molecule has 0 saturated carbocycles. The zero-order chi connectivity index (χ0) is 12.1. The molecule has 1 fully saturated rings. The lowest BCUT2D eigenvalue weighted by Gasteiger charge is -2.35. The Morgan fingerprint density at radius 1 is 1.29 bits per heavy atom. The number of nitrogens with one attached hydrogen (secondary N) is 3. The second kappa shape index (κ2) is 7.47. The number of amides is 3. The van der Waals surface area contributed by atoms with E-state index < -0.39 is 6.03 Å². The molecule has 0 aromatic rings. The molecule has 2 unspecified atom stereocenters. The van der Waals surface area contributed by atoms with E-state index in [2.05, 4.69) is 29.8 Å². The zero-order valence-corrected chi connectivity index (χ0v) is 11.3. The van der Waals surface area contributed by atoms with Gasteiger partial charge < -0.3 is 10.6 Å². The summed E-state index contributed by atoms with van der Waals surface area (Å²) in [6, 6.07) is 0.286. The SMILES string of the molecule is CNC(=O)NC(=O)CN1CC(C)NC(C)C1.Cl. The number of halogens is 1. The van der Waals surface area contributed by atoms with Crippen molar-refractivity contribution in [2.75, 3.05) is 26.7 Å². The van der Waals surface area contributed by atoms with Gasteiger partial charge in [-0.25, -0.2) is 4.79 Å². The molecule has 1 aliphatic heterocycles. The molecule has 0 aromatic carbocycles. The van der Waals surface area contributed by atoms with E-state index in [9.17, 15) is 9.59 Å². The van der Waals surface area contributed by atoms with Gasteiger partial charge in [0.1, 0.15) is 0 Å². The van der Waals surface area contributed by atoms with E-state index in [-0.39, 0.29) is 24.9 Å². The maximum atomic E-state index is 11.5. The molecule has 1 saturated heterocycles. The summed E-state index contributed by atoms with van der Waals surface area (Å²) in [5, 5.41) is 7.99. The van der Waals surface area contributed by atoms with Crippen LogP contribution in [0.2, 0.25) is 0 Å². The topological polar surface area (TPSA) is 73.5 Å². The maximum absolute atomic E-state index is 11.5. The predicted molar refractivity (Wildman–Crippen MR) is 68.3 cm³/mol. The van der Waals surface area contributed by atoms with Gasteiger partial charge >= 0.3 is 6.03 Å². The number of carbonyl (C=O) groups is 2. The average Bonchev–Trinajstić information content (AvgIpc) is 2.15. The Balaban J connectivity index is 0.00000256. The highest BCUT2D eigenvalue weighted by Crippen LogP contribution is 2.02. The quantitative estimate of drug-likeness (QED) is 0.632. The second-order valence-electron chi connectivity index (χ2n) is 4.29. The van der Waals surface area contributed by atoms with Gasteiger partial charge in [0.05, 0.1) is 6.54 Å². The monoisotopic (exact) mass is 264 g/mol. The van der Waals surface area contributed by atoms with Crippen LogP contribution in [-0.2, 0) is 4.79 Å². The highest BCUT2D eigenvalue weighted by Gasteiger charge is 2.22. The Morgan fingerprint density at radius 3 is 2.29 bits per heavy atom. The molecule has 1 rings (SSSR count). The lowest BCUT2D eigenvalue weighted by atomic mass is 10.1. The van der Waals surface area contributed by atoms with Crippen LogP contribution in [0.5, 0.6) is 0 Å². The number of carbonyl (C=O) groups excluding carboxylic acids is 2. The fourth-order valence-electron chi connectivity index (χ4n) is 2.00. The van der Waals surface area contributed by atoms with Gasteiger partial charge in [0.2, 0.25) is 5.91 Å². The van der Waals surface area contributed by atoms with E-state index in [1.807, 2.05) is 4.90 Å². The van der Waals surface area contributed by atoms with E-state index in [4.69, 9.17) is 0 Å². The van der Waals surface area contributed by atoms with Crippen molar-refractivity contribution < 1.29 is 9.59 Å². The minimum absolute atomic E-state index is 0. The number of imide groups is 1. The molecule has 1 aliphatic rings. The first-order valence-corrected chi connectivity index (χ1v) is 5.51. The zero-order valence-electron chi connectivity index (χ0n) is 10.4. The number of hydrogen-bond donors (Lipinski definition) is 3. The third-order valence-electron chi connectivity index (χ3n) is 2.48. The standard InChI is InChI=1S/C10H20N4O2.ClH/c1-7-4-14(5-8(2)12-7)6-9(15)13-10(16)11-3;/h7-8,12H,4-6H2,1-3H3,(H2,11,13,15,16);1H. The summed E-state index contributed by atoms with van der Waals surface area (Å²) in [6.45, 7) is 6.08. The number of rotatable bonds is 2. The molecule has 17 heavy (non-hydrogen) atoms. The van der Waals surface area contributed by atoms with E-state index in [1.54, 1.807) is 0 Å². The number of hydrogen-bond acceptors (Lipinski definition) is 4. The molecule has 6 nitrogen and oxygen atoms in total. The van der Waals surface area contributed by atoms with Crippen LogP contribution >= 0.6 is 12.4 Å². The third-order valence-corrected chi connectivity index (χ3v) is 2.48. The van der Waals surface area contributed by atoms with Gasteiger partial charge in [-0.15, -0.1) is 12.4 Å². The smallest absolute Gasteiger partial charge is 0.321 e. The lowest BCUT2D eigenvalue weighted by Crippen LogP contribution is -2.56. The number of urea groups is 1. The van der Waals surface area contributed by atoms with Crippen molar-refractivity contribution in [3.63, 3.8) is 0 Å². The molecule has 0 radical (unpaired) electrons. The maximum Gasteiger partial charge on any atom is 0.321 e. The Labute approximate surface area is 108 Å². The van der Waals surface area contributed by atoms with Crippen LogP contribution in [-0.4, -0.2) is 55.6 Å². The van der Waals surface area contributed by atoms with Gasteiger partial charge in [0.25, 0.3) is 0 Å². The Hall–Kier alpha value is -0.850. The van der Waals surface area contributed by atoms with Gasteiger partial charge in [-0.1, -0.05) is 0 Å². The highest BCUT2D eigenvalue weighted by atomic mass is 35.5. The van der Waals surface area contributed by atoms with E-state index in [0.717, 1.165) is 13.1 Å². The van der Waals surface area contributed by atoms with Crippen LogP contribution in [0, 0.1) is 0 Å². The normalized spacial score (nSPS) is 24.6. The van der Waals surface area contributed by atoms with Crippen molar-refractivity contribution in [3.05, 3.63) is 0 Å². The predicted octanol–water partition coefficient (Wildman–Crippen LogP) is -0.454. The molecule has 0 aromatic heterocycles. The Morgan fingerprint density at radius 2 is 1.82 bits per heavy atom. The fourth-order valence-corrected chi connectivity index (χ4v) is 2.00. The molecule has 2 atom stereocenters. The van der Waals surface area contributed by atoms with Gasteiger partial charge in [-0.2, -0.15) is 0 Å². The van der Waals surface area contributed by atoms with E-state index >= 15 is 0 Å². The van der Waals surface area contributed by atoms with Crippen molar-refractivity contribution in [3.8, 4) is 0 Å². The molecular weight excluding hydrogens is 244 g/mol. The first-order valence-electron chi connectivity index (χ1n) is 5.51. The number of nitrogens with zero attached hydrogens (tertiary/aromatic N) is 1. The minimum atomic E-state index is -0.457. The van der Waals surface area contributed by atoms with Crippen LogP contribution < -0.4 is 16.0 Å². The molecule has 0 spiro atoms. The summed E-state index contributed by atoms with van der Waals surface area (Å²) < 4.78 is 0. The molecule has 100 valence electrons. The molecule has 3 N–H and O–H groups in total. The van der Waals surface area contributed by atoms with Crippen molar-refractivity contribution >= 4 is 24.3 Å². The van der Waals surface area contributed by atoms with Crippen molar-refractivity contribution in [1.29, 1.82) is 0 Å². The molecule has 7 heteroatoms. The second-order valence-corrected chi connectivity index (χ2v) is 4.29. The van der Waals surface area contributed by atoms with Crippen LogP contribution in [0.15, 0.2) is 0 Å². The molecule has 0 bridgehead atoms. The van der Waals surface area contributed by atoms with Crippen molar-refractivity contribution in [1.82, 2.24) is 20.9 Å². The first kappa shape index (κ1) is 16.1. The van der Waals surface area contributed by atoms with Crippen LogP contribution in [0.4, 0.5) is 4.79 Å². The Bertz CT molecular complexity index is 265. The highest BCUT2D eigenvalue weighted by molar-refractivity contribution is 5.95. The van der Waals surface area contributed by atoms with Crippen molar-refractivity contribution in [2.24, 2.45) is 0 Å². The van der Waals surface area contributed by atoms with Gasteiger partial charge in [-0.05, 0) is 13.8 Å². The summed E-state index contributed by atoms with van der Waals surface area (Å²) in [6.07, 6.45) is 0. The van der Waals surface area contributed by atoms with Crippen LogP contribution in [0.3, 0.4) is 0 Å². The third kappa shape index (κ3) is 5.86. The summed E-state index contributed by atoms with van der Waals surface area (Å²) >= 11 is 0. The van der Waals surface area contributed by atoms with E-state index in [1.165, 1.54) is 7.05 Å². The van der Waals surface area contributed by atoms with Gasteiger partial charge in [-0.3, -0.25) is 15.0 Å². The summed E-state index contributed by atoms with van der Waals surface area (Å²) in [7, 11) is 1.48. The first-order chi connectivity index (χ1) is 7.51. The summed E-state index contributed by atoms with van der Waals surface area (Å²) in [5.41, 5.74) is 0. The van der Waals surface area contributed by atoms with E-state index in [0.29, 0.717) is 12.1 Å². The van der Waals surface area contributed by atoms with Crippen LogP contribution in [0.1, 0.15) is 13.8 Å². The number of piperazine rings is 1. The lowest BCUT2D eigenvalue weighted by molar-refractivity contribution is -0.121. The van der Waals surface area contributed by atoms with Crippen LogP contribution in [0.25, 0.3) is 0 Å². The molecule has 0 aliphatic carbocycles. The molecule has 1 heterocycles. The largest absolute Gasteiger partial charge is 0.341 e. The summed E-state index contributed by atoms with van der Waals surface area (Å²) in [4.78, 5) is 24.4. The minimum Gasteiger partial charge on any atom is -0.341 e. The molecule has 3 amide bonds. The molecular formula is C10H21ClN4O2. The Kier molecular flexibility index (Phi) is 7.10. The van der Waals surface area contributed by atoms with Crippen molar-refractivity contribution in [2.45, 2.75) is 25.9 Å². The average molecular weight is 265 g/mol.